The van der Waals surface area contributed by atoms with E-state index in [0.717, 1.165) is 11.3 Å². The average Bonchev–Trinajstić information content (AvgIpc) is 2.88. The van der Waals surface area contributed by atoms with Gasteiger partial charge in [0.2, 0.25) is 0 Å². The number of H-pyrrole nitrogens is 1. The highest BCUT2D eigenvalue weighted by molar-refractivity contribution is 7.99. The molecule has 3 heterocycles. The SMILES string of the molecule is O=C([O-])CC12CSc3[nH]c(=O)sc3C1c1cc(Cl)ccc1OC2=O. The molecule has 0 saturated heterocycles. The molecule has 2 aromatic rings. The Kier molecular flexibility index (Phi) is 3.52. The highest BCUT2D eigenvalue weighted by Crippen LogP contribution is 2.58. The zero-order valence-electron chi connectivity index (χ0n) is 12.0. The average molecular weight is 383 g/mol. The molecule has 0 fully saturated rings. The Balaban J connectivity index is 2.01. The lowest BCUT2D eigenvalue weighted by atomic mass is 9.68. The van der Waals surface area contributed by atoms with Crippen molar-refractivity contribution in [2.24, 2.45) is 5.41 Å². The molecule has 1 aromatic heterocycles. The fourth-order valence-electron chi connectivity index (χ4n) is 3.30. The highest BCUT2D eigenvalue weighted by atomic mass is 35.5. The molecule has 0 aliphatic carbocycles. The Morgan fingerprint density at radius 1 is 1.46 bits per heavy atom. The third-order valence-electron chi connectivity index (χ3n) is 4.28. The van der Waals surface area contributed by atoms with E-state index < -0.39 is 29.7 Å². The number of thiazole rings is 1. The van der Waals surface area contributed by atoms with Gasteiger partial charge in [0.05, 0.1) is 10.4 Å². The highest BCUT2D eigenvalue weighted by Gasteiger charge is 2.56. The van der Waals surface area contributed by atoms with Crippen molar-refractivity contribution in [3.63, 3.8) is 0 Å². The number of carboxylic acids is 1. The van der Waals surface area contributed by atoms with E-state index in [1.165, 1.54) is 11.8 Å². The smallest absolute Gasteiger partial charge is 0.319 e. The van der Waals surface area contributed by atoms with Gasteiger partial charge in [-0.15, -0.1) is 11.8 Å². The van der Waals surface area contributed by atoms with Crippen molar-refractivity contribution >= 4 is 46.6 Å². The van der Waals surface area contributed by atoms with Crippen LogP contribution in [-0.2, 0) is 9.59 Å². The summed E-state index contributed by atoms with van der Waals surface area (Å²) in [7, 11) is 0. The summed E-state index contributed by atoms with van der Waals surface area (Å²) in [6.07, 6.45) is -0.485. The predicted octanol–water partition coefficient (Wildman–Crippen LogP) is 1.37. The number of carboxylic acid groups (broad SMARTS) is 1. The first kappa shape index (κ1) is 15.7. The molecule has 2 aliphatic heterocycles. The molecule has 0 amide bonds. The van der Waals surface area contributed by atoms with E-state index in [2.05, 4.69) is 4.98 Å². The molecule has 0 bridgehead atoms. The maximum Gasteiger partial charge on any atom is 0.319 e. The quantitative estimate of drug-likeness (QED) is 0.622. The fourth-order valence-corrected chi connectivity index (χ4v) is 6.02. The lowest BCUT2D eigenvalue weighted by Crippen LogP contribution is -2.50. The number of benzene rings is 1. The van der Waals surface area contributed by atoms with E-state index in [4.69, 9.17) is 16.3 Å². The van der Waals surface area contributed by atoms with Gasteiger partial charge in [-0.1, -0.05) is 22.9 Å². The maximum atomic E-state index is 12.7. The summed E-state index contributed by atoms with van der Waals surface area (Å²) in [4.78, 5) is 39.0. The van der Waals surface area contributed by atoms with Gasteiger partial charge in [0.25, 0.3) is 0 Å². The maximum absolute atomic E-state index is 12.7. The van der Waals surface area contributed by atoms with Crippen LogP contribution >= 0.6 is 34.7 Å². The normalized spacial score (nSPS) is 24.5. The number of carbonyl (C=O) groups excluding carboxylic acids is 2. The summed E-state index contributed by atoms with van der Waals surface area (Å²) < 4.78 is 5.40. The topological polar surface area (TPSA) is 99.3 Å². The molecule has 124 valence electrons. The van der Waals surface area contributed by atoms with Crippen LogP contribution in [0.15, 0.2) is 28.0 Å². The number of ether oxygens (including phenoxy) is 1. The van der Waals surface area contributed by atoms with Gasteiger partial charge in [0.1, 0.15) is 5.75 Å². The number of fused-ring (bicyclic) bond motifs is 5. The van der Waals surface area contributed by atoms with Crippen molar-refractivity contribution in [1.82, 2.24) is 4.98 Å². The van der Waals surface area contributed by atoms with Crippen LogP contribution in [0, 0.1) is 5.41 Å². The molecule has 0 radical (unpaired) electrons. The number of nitrogens with one attached hydrogen (secondary N) is 1. The van der Waals surface area contributed by atoms with Crippen molar-refractivity contribution in [2.75, 3.05) is 5.75 Å². The Bertz CT molecular complexity index is 936. The molecule has 2 aliphatic rings. The molecule has 24 heavy (non-hydrogen) atoms. The van der Waals surface area contributed by atoms with E-state index in [1.54, 1.807) is 18.2 Å². The summed E-state index contributed by atoms with van der Waals surface area (Å²) in [5, 5.41) is 12.4. The second-order valence-corrected chi connectivity index (χ2v) is 8.14. The van der Waals surface area contributed by atoms with Crippen LogP contribution in [0.2, 0.25) is 5.02 Å². The molecular weight excluding hydrogens is 374 g/mol. The summed E-state index contributed by atoms with van der Waals surface area (Å²) in [5.74, 6) is -2.05. The molecular formula is C15H9ClNO5S2-. The van der Waals surface area contributed by atoms with Crippen molar-refractivity contribution in [3.05, 3.63) is 43.3 Å². The molecule has 2 atom stereocenters. The van der Waals surface area contributed by atoms with Crippen molar-refractivity contribution in [2.45, 2.75) is 17.4 Å². The van der Waals surface area contributed by atoms with Crippen LogP contribution in [0.5, 0.6) is 5.75 Å². The number of aliphatic carboxylic acids is 1. The van der Waals surface area contributed by atoms with Gasteiger partial charge in [-0.3, -0.25) is 9.59 Å². The first-order valence-electron chi connectivity index (χ1n) is 6.98. The van der Waals surface area contributed by atoms with Crippen LogP contribution in [-0.4, -0.2) is 22.7 Å². The van der Waals surface area contributed by atoms with Gasteiger partial charge in [0, 0.05) is 39.5 Å². The van der Waals surface area contributed by atoms with Crippen LogP contribution in [0.4, 0.5) is 0 Å². The zero-order valence-corrected chi connectivity index (χ0v) is 14.3. The second-order valence-electron chi connectivity index (χ2n) is 5.71. The summed E-state index contributed by atoms with van der Waals surface area (Å²) in [5.41, 5.74) is -0.709. The number of hydrogen-bond acceptors (Lipinski definition) is 7. The molecule has 0 saturated carbocycles. The summed E-state index contributed by atoms with van der Waals surface area (Å²) in [6.45, 7) is 0. The molecule has 1 aromatic carbocycles. The third-order valence-corrected chi connectivity index (χ3v) is 6.86. The number of rotatable bonds is 2. The van der Waals surface area contributed by atoms with Crippen molar-refractivity contribution in [1.29, 1.82) is 0 Å². The minimum Gasteiger partial charge on any atom is -0.550 e. The predicted molar refractivity (Wildman–Crippen MR) is 86.7 cm³/mol. The van der Waals surface area contributed by atoms with Crippen LogP contribution in [0.1, 0.15) is 22.8 Å². The number of aromatic nitrogens is 1. The molecule has 6 nitrogen and oxygen atoms in total. The van der Waals surface area contributed by atoms with Gasteiger partial charge in [-0.2, -0.15) is 0 Å². The van der Waals surface area contributed by atoms with E-state index in [-0.39, 0.29) is 10.6 Å². The largest absolute Gasteiger partial charge is 0.550 e. The first-order valence-corrected chi connectivity index (χ1v) is 9.16. The first-order chi connectivity index (χ1) is 11.4. The molecule has 9 heteroatoms. The number of esters is 1. The van der Waals surface area contributed by atoms with Crippen molar-refractivity contribution < 1.29 is 19.4 Å². The van der Waals surface area contributed by atoms with Gasteiger partial charge in [-0.05, 0) is 18.2 Å². The van der Waals surface area contributed by atoms with Gasteiger partial charge >= 0.3 is 10.8 Å². The Hall–Kier alpha value is -1.77. The standard InChI is InChI=1S/C15H10ClNO5S2/c16-6-1-2-8-7(3-6)10-11-12(17-14(21)24-11)23-5-15(10,4-9(18)19)13(20)22-8/h1-3,10H,4-5H2,(H,17,21)(H,18,19)/p-1. The van der Waals surface area contributed by atoms with Gasteiger partial charge < -0.3 is 19.6 Å². The minimum absolute atomic E-state index is 0.177. The lowest BCUT2D eigenvalue weighted by molar-refractivity contribution is -0.308. The molecule has 0 spiro atoms. The molecule has 2 unspecified atom stereocenters. The minimum atomic E-state index is -1.34. The summed E-state index contributed by atoms with van der Waals surface area (Å²) >= 11 is 8.31. The van der Waals surface area contributed by atoms with Gasteiger partial charge in [0.15, 0.2) is 0 Å². The van der Waals surface area contributed by atoms with E-state index >= 15 is 0 Å². The van der Waals surface area contributed by atoms with Gasteiger partial charge in [-0.25, -0.2) is 0 Å². The lowest BCUT2D eigenvalue weighted by Gasteiger charge is -2.44. The fraction of sp³-hybridized carbons (Fsp3) is 0.267. The zero-order chi connectivity index (χ0) is 17.1. The van der Waals surface area contributed by atoms with E-state index in [0.29, 0.717) is 26.2 Å². The summed E-state index contributed by atoms with van der Waals surface area (Å²) in [6, 6.07) is 4.83. The number of thioether (sulfide) groups is 1. The van der Waals surface area contributed by atoms with Crippen LogP contribution in [0.25, 0.3) is 0 Å². The number of carbonyl (C=O) groups is 2. The molecule has 1 N–H and O–H groups in total. The second kappa shape index (κ2) is 5.37. The van der Waals surface area contributed by atoms with Crippen LogP contribution in [0.3, 0.4) is 0 Å². The number of halogens is 1. The number of hydrogen-bond donors (Lipinski definition) is 1. The third kappa shape index (κ3) is 2.21. The van der Waals surface area contributed by atoms with Crippen LogP contribution < -0.4 is 14.7 Å². The Morgan fingerprint density at radius 3 is 3.00 bits per heavy atom. The van der Waals surface area contributed by atoms with E-state index in [1.807, 2.05) is 0 Å². The Morgan fingerprint density at radius 2 is 2.25 bits per heavy atom. The van der Waals surface area contributed by atoms with E-state index in [9.17, 15) is 19.5 Å². The monoisotopic (exact) mass is 382 g/mol. The van der Waals surface area contributed by atoms with Crippen molar-refractivity contribution in [3.8, 4) is 5.75 Å². The Labute approximate surface area is 148 Å². The number of aromatic amines is 1. The molecule has 4 rings (SSSR count).